The fourth-order valence-electron chi connectivity index (χ4n) is 2.49. The van der Waals surface area contributed by atoms with E-state index in [2.05, 4.69) is 21.2 Å². The maximum Gasteiger partial charge on any atom is 0.329 e. The van der Waals surface area contributed by atoms with E-state index in [-0.39, 0.29) is 23.7 Å². The number of halogens is 2. The highest BCUT2D eigenvalue weighted by Gasteiger charge is 2.33. The van der Waals surface area contributed by atoms with E-state index in [1.807, 2.05) is 0 Å². The Morgan fingerprint density at radius 2 is 1.96 bits per heavy atom. The zero-order valence-corrected chi connectivity index (χ0v) is 16.0. The molecule has 1 saturated heterocycles. The molecule has 1 fully saturated rings. The largest absolute Gasteiger partial charge is 0.503 e. The van der Waals surface area contributed by atoms with E-state index in [4.69, 9.17) is 16.3 Å². The van der Waals surface area contributed by atoms with E-state index in [0.717, 1.165) is 10.5 Å². The molecule has 3 rings (SSSR count). The van der Waals surface area contributed by atoms with Crippen molar-refractivity contribution >= 4 is 45.5 Å². The number of rotatable bonds is 4. The van der Waals surface area contributed by atoms with Gasteiger partial charge in [-0.15, -0.1) is 0 Å². The number of methoxy groups -OCH3 is 1. The third-order valence-corrected chi connectivity index (χ3v) is 4.65. The molecule has 26 heavy (non-hydrogen) atoms. The summed E-state index contributed by atoms with van der Waals surface area (Å²) >= 11 is 9.07. The van der Waals surface area contributed by atoms with Crippen LogP contribution in [0, 0.1) is 0 Å². The summed E-state index contributed by atoms with van der Waals surface area (Å²) in [4.78, 5) is 25.8. The number of hydrogen-bond donors (Lipinski definition) is 2. The van der Waals surface area contributed by atoms with E-state index >= 15 is 0 Å². The highest BCUT2D eigenvalue weighted by Crippen LogP contribution is 2.36. The number of phenolic OH excluding ortho intramolecular Hbond substituents is 1. The van der Waals surface area contributed by atoms with Crippen LogP contribution in [-0.4, -0.2) is 29.1 Å². The third-order valence-electron chi connectivity index (χ3n) is 3.80. The molecule has 2 aromatic carbocycles. The molecule has 6 nitrogen and oxygen atoms in total. The Labute approximate surface area is 163 Å². The average molecular weight is 438 g/mol. The van der Waals surface area contributed by atoms with Crippen molar-refractivity contribution < 1.29 is 19.4 Å². The molecule has 0 bridgehead atoms. The van der Waals surface area contributed by atoms with E-state index in [1.165, 1.54) is 13.2 Å². The number of hydrogen-bond acceptors (Lipinski definition) is 4. The van der Waals surface area contributed by atoms with Gasteiger partial charge in [-0.25, -0.2) is 4.79 Å². The first-order valence-corrected chi connectivity index (χ1v) is 8.71. The molecule has 2 N–H and O–H groups in total. The lowest BCUT2D eigenvalue weighted by molar-refractivity contribution is -0.123. The molecular formula is C18H14BrClN2O4. The van der Waals surface area contributed by atoms with Crippen LogP contribution in [0.4, 0.5) is 4.79 Å². The fraction of sp³-hybridized carbons (Fsp3) is 0.111. The number of imide groups is 1. The van der Waals surface area contributed by atoms with Crippen LogP contribution in [0.15, 0.2) is 46.6 Å². The van der Waals surface area contributed by atoms with Gasteiger partial charge in [0.1, 0.15) is 5.70 Å². The van der Waals surface area contributed by atoms with Crippen LogP contribution in [0.25, 0.3) is 6.08 Å². The predicted molar refractivity (Wildman–Crippen MR) is 101 cm³/mol. The quantitative estimate of drug-likeness (QED) is 0.561. The topological polar surface area (TPSA) is 78.9 Å². The maximum atomic E-state index is 12.6. The summed E-state index contributed by atoms with van der Waals surface area (Å²) < 4.78 is 5.50. The van der Waals surface area contributed by atoms with Crippen LogP contribution in [0.3, 0.4) is 0 Å². The number of benzene rings is 2. The van der Waals surface area contributed by atoms with Gasteiger partial charge in [-0.3, -0.25) is 9.69 Å². The molecule has 0 atom stereocenters. The van der Waals surface area contributed by atoms with E-state index in [1.54, 1.807) is 36.4 Å². The van der Waals surface area contributed by atoms with Crippen molar-refractivity contribution in [3.63, 3.8) is 0 Å². The van der Waals surface area contributed by atoms with Crippen molar-refractivity contribution in [3.05, 3.63) is 62.7 Å². The Kier molecular flexibility index (Phi) is 5.20. The molecule has 1 aliphatic rings. The second kappa shape index (κ2) is 7.39. The molecule has 134 valence electrons. The van der Waals surface area contributed by atoms with Gasteiger partial charge in [-0.05, 0) is 57.4 Å². The van der Waals surface area contributed by atoms with E-state index < -0.39 is 11.9 Å². The molecule has 0 aromatic heterocycles. The van der Waals surface area contributed by atoms with Crippen molar-refractivity contribution in [2.45, 2.75) is 6.54 Å². The van der Waals surface area contributed by atoms with Gasteiger partial charge in [0.05, 0.1) is 18.1 Å². The summed E-state index contributed by atoms with van der Waals surface area (Å²) in [6.07, 6.45) is 1.52. The molecule has 3 amide bonds. The Bertz CT molecular complexity index is 912. The van der Waals surface area contributed by atoms with Gasteiger partial charge in [0.15, 0.2) is 11.5 Å². The third kappa shape index (κ3) is 3.68. The number of nitrogens with zero attached hydrogens (tertiary/aromatic N) is 1. The molecule has 1 heterocycles. The van der Waals surface area contributed by atoms with Crippen molar-refractivity contribution in [1.29, 1.82) is 0 Å². The summed E-state index contributed by atoms with van der Waals surface area (Å²) in [5, 5.41) is 13.0. The Hall–Kier alpha value is -2.51. The van der Waals surface area contributed by atoms with Gasteiger partial charge < -0.3 is 15.2 Å². The number of amides is 3. The Balaban J connectivity index is 1.85. The van der Waals surface area contributed by atoms with Gasteiger partial charge >= 0.3 is 6.03 Å². The van der Waals surface area contributed by atoms with Gasteiger partial charge in [-0.2, -0.15) is 0 Å². The lowest BCUT2D eigenvalue weighted by Crippen LogP contribution is -2.30. The summed E-state index contributed by atoms with van der Waals surface area (Å²) in [5.41, 5.74) is 1.51. The molecule has 8 heteroatoms. The lowest BCUT2D eigenvalue weighted by Gasteiger charge is -2.11. The molecule has 0 aliphatic carbocycles. The number of carbonyl (C=O) groups is 2. The number of nitrogens with one attached hydrogen (secondary N) is 1. The number of carbonyl (C=O) groups excluding carboxylic acids is 2. The number of aromatic hydroxyl groups is 1. The van der Waals surface area contributed by atoms with Crippen LogP contribution in [0.5, 0.6) is 11.5 Å². The fourth-order valence-corrected chi connectivity index (χ4v) is 3.07. The number of urea groups is 1. The standard InChI is InChI=1S/C18H14BrClN2O4/c1-26-15-8-11(6-13(19)16(15)23)7-14-17(24)22(18(25)21-14)9-10-2-4-12(20)5-3-10/h2-8,23H,9H2,1H3,(H,21,25). The summed E-state index contributed by atoms with van der Waals surface area (Å²) in [6, 6.07) is 9.60. The predicted octanol–water partition coefficient (Wildman–Crippen LogP) is 3.91. The smallest absolute Gasteiger partial charge is 0.329 e. The van der Waals surface area contributed by atoms with Gasteiger partial charge in [-0.1, -0.05) is 23.7 Å². The first kappa shape index (κ1) is 18.3. The van der Waals surface area contributed by atoms with E-state index in [9.17, 15) is 14.7 Å². The monoisotopic (exact) mass is 436 g/mol. The van der Waals surface area contributed by atoms with Crippen molar-refractivity contribution in [3.8, 4) is 11.5 Å². The molecule has 0 spiro atoms. The second-order valence-electron chi connectivity index (χ2n) is 5.56. The highest BCUT2D eigenvalue weighted by molar-refractivity contribution is 9.10. The van der Waals surface area contributed by atoms with Crippen LogP contribution >= 0.6 is 27.5 Å². The molecule has 2 aromatic rings. The zero-order valence-electron chi connectivity index (χ0n) is 13.6. The molecule has 0 radical (unpaired) electrons. The van der Waals surface area contributed by atoms with Crippen LogP contribution in [-0.2, 0) is 11.3 Å². The molecule has 0 saturated carbocycles. The van der Waals surface area contributed by atoms with E-state index in [0.29, 0.717) is 15.1 Å². The van der Waals surface area contributed by atoms with Gasteiger partial charge in [0, 0.05) is 5.02 Å². The average Bonchev–Trinajstić information content (AvgIpc) is 2.87. The maximum absolute atomic E-state index is 12.6. The molecular weight excluding hydrogens is 424 g/mol. The number of phenols is 1. The van der Waals surface area contributed by atoms with Crippen LogP contribution in [0.2, 0.25) is 5.02 Å². The van der Waals surface area contributed by atoms with Crippen LogP contribution < -0.4 is 10.1 Å². The van der Waals surface area contributed by atoms with Crippen molar-refractivity contribution in [1.82, 2.24) is 10.2 Å². The normalized spacial score (nSPS) is 15.5. The molecule has 0 unspecified atom stereocenters. The first-order valence-electron chi connectivity index (χ1n) is 7.54. The lowest BCUT2D eigenvalue weighted by atomic mass is 10.1. The summed E-state index contributed by atoms with van der Waals surface area (Å²) in [5.74, 6) is -0.227. The van der Waals surface area contributed by atoms with Gasteiger partial charge in [0.2, 0.25) is 0 Å². The first-order chi connectivity index (χ1) is 12.4. The van der Waals surface area contributed by atoms with Crippen molar-refractivity contribution in [2.75, 3.05) is 7.11 Å². The Morgan fingerprint density at radius 1 is 1.27 bits per heavy atom. The highest BCUT2D eigenvalue weighted by atomic mass is 79.9. The Morgan fingerprint density at radius 3 is 2.62 bits per heavy atom. The number of ether oxygens (including phenoxy) is 1. The molecule has 1 aliphatic heterocycles. The summed E-state index contributed by atoms with van der Waals surface area (Å²) in [6.45, 7) is 0.141. The van der Waals surface area contributed by atoms with Crippen LogP contribution in [0.1, 0.15) is 11.1 Å². The van der Waals surface area contributed by atoms with Crippen molar-refractivity contribution in [2.24, 2.45) is 0 Å². The van der Waals surface area contributed by atoms with Gasteiger partial charge in [0.25, 0.3) is 5.91 Å². The second-order valence-corrected chi connectivity index (χ2v) is 6.85. The zero-order chi connectivity index (χ0) is 18.8. The summed E-state index contributed by atoms with van der Waals surface area (Å²) in [7, 11) is 1.43. The minimum absolute atomic E-state index is 0.0409. The minimum atomic E-state index is -0.499. The minimum Gasteiger partial charge on any atom is -0.503 e. The SMILES string of the molecule is COc1cc(C=C2NC(=O)N(Cc3ccc(Cl)cc3)C2=O)cc(Br)c1O.